The number of hydrogen-bond donors (Lipinski definition) is 1. The molecule has 0 radical (unpaired) electrons. The number of thiophene rings is 1. The zero-order valence-corrected chi connectivity index (χ0v) is 24.5. The van der Waals surface area contributed by atoms with Crippen molar-refractivity contribution in [3.05, 3.63) is 99.8 Å². The van der Waals surface area contributed by atoms with Crippen LogP contribution >= 0.6 is 34.7 Å². The van der Waals surface area contributed by atoms with Gasteiger partial charge in [0, 0.05) is 64.7 Å². The fourth-order valence-corrected chi connectivity index (χ4v) is 6.93. The third kappa shape index (κ3) is 6.02. The molecule has 8 heteroatoms. The van der Waals surface area contributed by atoms with Gasteiger partial charge in [-0.15, -0.1) is 11.3 Å². The van der Waals surface area contributed by atoms with Crippen LogP contribution in [-0.2, 0) is 6.54 Å². The zero-order chi connectivity index (χ0) is 27.5. The predicted molar refractivity (Wildman–Crippen MR) is 168 cm³/mol. The highest BCUT2D eigenvalue weighted by Crippen LogP contribution is 2.37. The largest absolute Gasteiger partial charge is 0.354 e. The maximum absolute atomic E-state index is 9.84. The predicted octanol–water partition coefficient (Wildman–Crippen LogP) is 8.13. The number of aromatic nitrogens is 1. The van der Waals surface area contributed by atoms with E-state index in [9.17, 15) is 5.26 Å². The fourth-order valence-electron chi connectivity index (χ4n) is 4.86. The summed E-state index contributed by atoms with van der Waals surface area (Å²) in [6, 6.07) is 26.9. The molecular weight excluding hydrogens is 554 g/mol. The van der Waals surface area contributed by atoms with Crippen LogP contribution in [0, 0.1) is 11.3 Å². The number of hydrogen-bond acceptors (Lipinski definition) is 7. The summed E-state index contributed by atoms with van der Waals surface area (Å²) in [6.07, 6.45) is 1.64. The van der Waals surface area contributed by atoms with Gasteiger partial charge in [0.2, 0.25) is 0 Å². The van der Waals surface area contributed by atoms with Crippen molar-refractivity contribution in [2.75, 3.05) is 38.5 Å². The second-order valence-electron chi connectivity index (χ2n) is 9.96. The number of rotatable bonds is 7. The van der Waals surface area contributed by atoms with E-state index in [-0.39, 0.29) is 0 Å². The Kier molecular flexibility index (Phi) is 8.05. The summed E-state index contributed by atoms with van der Waals surface area (Å²) in [7, 11) is 2.19. The molecule has 1 N–H and O–H groups in total. The van der Waals surface area contributed by atoms with Crippen molar-refractivity contribution >= 4 is 57.0 Å². The summed E-state index contributed by atoms with van der Waals surface area (Å²) in [6.45, 7) is 5.47. The van der Waals surface area contributed by atoms with Crippen LogP contribution in [0.4, 0.5) is 11.4 Å². The summed E-state index contributed by atoms with van der Waals surface area (Å²) in [5.74, 6) is 0. The lowest BCUT2D eigenvalue weighted by atomic mass is 10.0. The van der Waals surface area contributed by atoms with E-state index in [2.05, 4.69) is 75.0 Å². The molecule has 5 nitrogen and oxygen atoms in total. The summed E-state index contributed by atoms with van der Waals surface area (Å²) >= 11 is 10.1. The molecule has 0 aliphatic carbocycles. The second kappa shape index (κ2) is 12.0. The second-order valence-corrected chi connectivity index (χ2v) is 12.5. The molecule has 1 aliphatic heterocycles. The van der Waals surface area contributed by atoms with Crippen LogP contribution in [0.5, 0.6) is 0 Å². The molecule has 2 aromatic heterocycles. The van der Waals surface area contributed by atoms with Crippen molar-refractivity contribution in [1.29, 1.82) is 5.26 Å². The maximum atomic E-state index is 9.84. The first-order valence-electron chi connectivity index (χ1n) is 13.2. The number of likely N-dealkylation sites (N-methyl/N-ethyl adjacent to an activating group) is 1. The Hall–Kier alpha value is -3.38. The number of nitrogens with one attached hydrogen (secondary N) is 1. The third-order valence-electron chi connectivity index (χ3n) is 7.12. The smallest absolute Gasteiger partial charge is 0.103 e. The molecule has 200 valence electrons. The van der Waals surface area contributed by atoms with Crippen LogP contribution < -0.4 is 5.32 Å². The van der Waals surface area contributed by atoms with Crippen LogP contribution in [0.15, 0.2) is 94.2 Å². The van der Waals surface area contributed by atoms with Crippen molar-refractivity contribution < 1.29 is 0 Å². The number of nitrogens with zero attached hydrogens (tertiary/aromatic N) is 4. The van der Waals surface area contributed by atoms with Crippen molar-refractivity contribution in [2.24, 2.45) is 0 Å². The number of piperazine rings is 1. The number of benzene rings is 3. The van der Waals surface area contributed by atoms with E-state index >= 15 is 0 Å². The average Bonchev–Trinajstić information content (AvgIpc) is 3.45. The molecule has 1 saturated heterocycles. The van der Waals surface area contributed by atoms with Crippen LogP contribution in [0.25, 0.3) is 22.0 Å². The molecule has 0 saturated carbocycles. The summed E-state index contributed by atoms with van der Waals surface area (Å²) < 4.78 is 0. The normalized spacial score (nSPS) is 14.3. The number of fused-ring (bicyclic) bond motifs is 1. The van der Waals surface area contributed by atoms with Gasteiger partial charge in [-0.1, -0.05) is 53.7 Å². The molecule has 0 atom stereocenters. The van der Waals surface area contributed by atoms with Gasteiger partial charge in [-0.25, -0.2) is 0 Å². The van der Waals surface area contributed by atoms with Gasteiger partial charge in [-0.3, -0.25) is 9.88 Å². The Bertz CT molecular complexity index is 1690. The first-order chi connectivity index (χ1) is 19.6. The summed E-state index contributed by atoms with van der Waals surface area (Å²) in [4.78, 5) is 13.0. The molecule has 0 bridgehead atoms. The molecule has 3 aromatic carbocycles. The van der Waals surface area contributed by atoms with E-state index in [1.165, 1.54) is 10.4 Å². The minimum Gasteiger partial charge on any atom is -0.354 e. The monoisotopic (exact) mass is 581 g/mol. The average molecular weight is 582 g/mol. The van der Waals surface area contributed by atoms with Gasteiger partial charge in [-0.05, 0) is 66.0 Å². The van der Waals surface area contributed by atoms with E-state index in [0.717, 1.165) is 70.4 Å². The van der Waals surface area contributed by atoms with E-state index in [0.29, 0.717) is 10.6 Å². The molecule has 0 spiro atoms. The Balaban J connectivity index is 1.23. The molecule has 1 fully saturated rings. The zero-order valence-electron chi connectivity index (χ0n) is 22.1. The first kappa shape index (κ1) is 26.8. The molecule has 5 aromatic rings. The van der Waals surface area contributed by atoms with Crippen molar-refractivity contribution in [1.82, 2.24) is 14.8 Å². The van der Waals surface area contributed by atoms with E-state index in [1.54, 1.807) is 18.0 Å². The van der Waals surface area contributed by atoms with Crippen LogP contribution in [0.2, 0.25) is 5.02 Å². The number of anilines is 2. The molecular formula is C32H28ClN5S2. The number of nitriles is 1. The lowest BCUT2D eigenvalue weighted by Gasteiger charge is -2.31. The van der Waals surface area contributed by atoms with Gasteiger partial charge in [0.25, 0.3) is 0 Å². The van der Waals surface area contributed by atoms with Crippen LogP contribution in [-0.4, -0.2) is 48.0 Å². The number of halogens is 1. The van der Waals surface area contributed by atoms with Gasteiger partial charge in [-0.2, -0.15) is 5.26 Å². The van der Waals surface area contributed by atoms with Gasteiger partial charge in [0.1, 0.15) is 6.07 Å². The van der Waals surface area contributed by atoms with Crippen molar-refractivity contribution in [2.45, 2.75) is 16.3 Å². The lowest BCUT2D eigenvalue weighted by molar-refractivity contribution is 0.149. The molecule has 3 heterocycles. The standard InChI is InChI=1S/C32H28ClN5S2/c1-37-11-13-38(14-12-37)20-27-15-23(21-39-27)22-7-9-28-30(16-22)35-19-24(18-34)32(28)36-25-8-10-31(29(33)17-25)40-26-5-3-2-4-6-26/h2-10,15-17,19,21H,11-14,20H2,1H3,(H,35,36). The quantitative estimate of drug-likeness (QED) is 0.209. The van der Waals surface area contributed by atoms with Gasteiger partial charge in [0.15, 0.2) is 0 Å². The van der Waals surface area contributed by atoms with E-state index in [4.69, 9.17) is 11.6 Å². The fraction of sp³-hybridized carbons (Fsp3) is 0.188. The van der Waals surface area contributed by atoms with Crippen molar-refractivity contribution in [3.63, 3.8) is 0 Å². The minimum absolute atomic E-state index is 0.490. The topological polar surface area (TPSA) is 55.2 Å². The number of pyridine rings is 1. The Labute approximate surface area is 248 Å². The summed E-state index contributed by atoms with van der Waals surface area (Å²) in [5, 5.41) is 17.1. The molecule has 6 rings (SSSR count). The highest BCUT2D eigenvalue weighted by atomic mass is 35.5. The molecule has 0 amide bonds. The van der Waals surface area contributed by atoms with Crippen LogP contribution in [0.3, 0.4) is 0 Å². The molecule has 40 heavy (non-hydrogen) atoms. The minimum atomic E-state index is 0.490. The van der Waals surface area contributed by atoms with E-state index in [1.807, 2.05) is 47.7 Å². The molecule has 1 aliphatic rings. The first-order valence-corrected chi connectivity index (χ1v) is 15.2. The Morgan fingerprint density at radius 1 is 1.00 bits per heavy atom. The van der Waals surface area contributed by atoms with Gasteiger partial charge in [0.05, 0.1) is 21.8 Å². The third-order valence-corrected chi connectivity index (χ3v) is 9.55. The highest BCUT2D eigenvalue weighted by molar-refractivity contribution is 7.99. The highest BCUT2D eigenvalue weighted by Gasteiger charge is 2.16. The van der Waals surface area contributed by atoms with Gasteiger partial charge < -0.3 is 10.2 Å². The summed E-state index contributed by atoms with van der Waals surface area (Å²) in [5.41, 5.74) is 5.22. The van der Waals surface area contributed by atoms with E-state index < -0.39 is 0 Å². The molecule has 0 unspecified atom stereocenters. The SMILES string of the molecule is CN1CCN(Cc2cc(-c3ccc4c(Nc5ccc(Sc6ccccc6)c(Cl)c5)c(C#N)cnc4c3)cs2)CC1. The van der Waals surface area contributed by atoms with Crippen molar-refractivity contribution in [3.8, 4) is 17.2 Å². The Morgan fingerprint density at radius 3 is 2.60 bits per heavy atom. The maximum Gasteiger partial charge on any atom is 0.103 e. The van der Waals surface area contributed by atoms with Gasteiger partial charge >= 0.3 is 0 Å². The Morgan fingerprint density at radius 2 is 1.82 bits per heavy atom. The lowest BCUT2D eigenvalue weighted by Crippen LogP contribution is -2.43. The van der Waals surface area contributed by atoms with Crippen LogP contribution in [0.1, 0.15) is 10.4 Å².